The van der Waals surface area contributed by atoms with Gasteiger partial charge in [-0.3, -0.25) is 4.79 Å². The third-order valence-electron chi connectivity index (χ3n) is 5.23. The van der Waals surface area contributed by atoms with Crippen LogP contribution in [0.2, 0.25) is 0 Å². The van der Waals surface area contributed by atoms with E-state index in [2.05, 4.69) is 60.0 Å². The van der Waals surface area contributed by atoms with Crippen LogP contribution in [0.25, 0.3) is 10.8 Å². The number of amides is 1. The summed E-state index contributed by atoms with van der Waals surface area (Å²) in [4.78, 5) is 23.2. The summed E-state index contributed by atoms with van der Waals surface area (Å²) in [5, 5.41) is 11.8. The van der Waals surface area contributed by atoms with Crippen molar-refractivity contribution >= 4 is 61.4 Å². The maximum atomic E-state index is 12.2. The zero-order chi connectivity index (χ0) is 24.8. The van der Waals surface area contributed by atoms with Crippen LogP contribution in [-0.2, 0) is 4.79 Å². The minimum absolute atomic E-state index is 0.175. The lowest BCUT2D eigenvalue weighted by molar-refractivity contribution is -0.111. The van der Waals surface area contributed by atoms with Crippen LogP contribution in [0.4, 0.5) is 28.8 Å². The second-order valence-electron chi connectivity index (χ2n) is 8.38. The van der Waals surface area contributed by atoms with Crippen molar-refractivity contribution in [2.45, 2.75) is 6.92 Å². The lowest BCUT2D eigenvalue weighted by Gasteiger charge is -2.13. The Morgan fingerprint density at radius 2 is 1.86 bits per heavy atom. The summed E-state index contributed by atoms with van der Waals surface area (Å²) < 4.78 is 1.01. The second-order valence-corrected chi connectivity index (χ2v) is 9.23. The number of rotatable bonds is 8. The first kappa shape index (κ1) is 24.4. The normalized spacial score (nSPS) is 11.2. The van der Waals surface area contributed by atoms with Crippen molar-refractivity contribution in [1.82, 2.24) is 14.9 Å². The second kappa shape index (κ2) is 11.1. The van der Waals surface area contributed by atoms with Crippen LogP contribution in [0.1, 0.15) is 5.56 Å². The number of hydrogen-bond acceptors (Lipinski definition) is 6. The highest BCUT2D eigenvalue weighted by Gasteiger charge is 2.07. The Bertz CT molecular complexity index is 1390. The molecule has 0 saturated heterocycles. The molecular weight excluding hydrogens is 504 g/mol. The van der Waals surface area contributed by atoms with E-state index in [4.69, 9.17) is 0 Å². The molecule has 4 aromatic rings. The topological polar surface area (TPSA) is 82.2 Å². The van der Waals surface area contributed by atoms with Gasteiger partial charge in [-0.2, -0.15) is 4.98 Å². The summed E-state index contributed by atoms with van der Waals surface area (Å²) in [5.41, 5.74) is 3.42. The molecule has 0 aliphatic carbocycles. The van der Waals surface area contributed by atoms with Gasteiger partial charge in [-0.25, -0.2) is 4.98 Å². The first-order valence-electron chi connectivity index (χ1n) is 11.2. The quantitative estimate of drug-likeness (QED) is 0.234. The Morgan fingerprint density at radius 1 is 1.03 bits per heavy atom. The van der Waals surface area contributed by atoms with Gasteiger partial charge in [0.25, 0.3) is 0 Å². The molecule has 4 rings (SSSR count). The first-order valence-corrected chi connectivity index (χ1v) is 11.9. The number of halogens is 1. The number of carbonyl (C=O) groups excluding carboxylic acids is 1. The number of fused-ring (bicyclic) bond motifs is 1. The number of anilines is 5. The van der Waals surface area contributed by atoms with E-state index in [-0.39, 0.29) is 5.91 Å². The lowest BCUT2D eigenvalue weighted by atomic mass is 10.1. The maximum Gasteiger partial charge on any atom is 0.248 e. The smallest absolute Gasteiger partial charge is 0.248 e. The predicted molar refractivity (Wildman–Crippen MR) is 148 cm³/mol. The highest BCUT2D eigenvalue weighted by molar-refractivity contribution is 9.10. The average molecular weight is 531 g/mol. The third-order valence-corrected chi connectivity index (χ3v) is 5.89. The third kappa shape index (κ3) is 6.65. The molecular formula is C27H27BrN6O. The van der Waals surface area contributed by atoms with E-state index in [0.29, 0.717) is 24.0 Å². The van der Waals surface area contributed by atoms with Gasteiger partial charge in [0.15, 0.2) is 0 Å². The van der Waals surface area contributed by atoms with E-state index in [1.54, 1.807) is 6.20 Å². The Morgan fingerprint density at radius 3 is 2.69 bits per heavy atom. The van der Waals surface area contributed by atoms with Gasteiger partial charge in [0.1, 0.15) is 5.82 Å². The number of aryl methyl sites for hydroxylation is 1. The van der Waals surface area contributed by atoms with Crippen LogP contribution >= 0.6 is 15.9 Å². The van der Waals surface area contributed by atoms with Gasteiger partial charge in [-0.1, -0.05) is 52.3 Å². The Labute approximate surface area is 213 Å². The molecule has 1 heterocycles. The fourth-order valence-corrected chi connectivity index (χ4v) is 4.09. The zero-order valence-electron chi connectivity index (χ0n) is 19.8. The van der Waals surface area contributed by atoms with E-state index < -0.39 is 0 Å². The molecule has 7 nitrogen and oxygen atoms in total. The van der Waals surface area contributed by atoms with Gasteiger partial charge in [-0.05, 0) is 67.7 Å². The number of hydrogen-bond donors (Lipinski definition) is 3. The van der Waals surface area contributed by atoms with Crippen molar-refractivity contribution in [2.75, 3.05) is 36.6 Å². The Balaban J connectivity index is 1.48. The number of benzene rings is 3. The van der Waals surface area contributed by atoms with Crippen LogP contribution in [0.3, 0.4) is 0 Å². The largest absolute Gasteiger partial charge is 0.340 e. The van der Waals surface area contributed by atoms with Gasteiger partial charge in [0, 0.05) is 40.4 Å². The fourth-order valence-electron chi connectivity index (χ4n) is 3.48. The van der Waals surface area contributed by atoms with Crippen LogP contribution < -0.4 is 16.0 Å². The summed E-state index contributed by atoms with van der Waals surface area (Å²) >= 11 is 3.65. The molecule has 8 heteroatoms. The van der Waals surface area contributed by atoms with Crippen LogP contribution in [0.15, 0.2) is 83.5 Å². The van der Waals surface area contributed by atoms with Crippen molar-refractivity contribution in [2.24, 2.45) is 0 Å². The van der Waals surface area contributed by atoms with Crippen molar-refractivity contribution in [3.63, 3.8) is 0 Å². The summed E-state index contributed by atoms with van der Waals surface area (Å²) in [6.45, 7) is 2.69. The molecule has 0 bridgehead atoms. The van der Waals surface area contributed by atoms with Gasteiger partial charge in [0.2, 0.25) is 11.9 Å². The number of nitrogens with one attached hydrogen (secondary N) is 3. The number of likely N-dealkylation sites (N-methyl/N-ethyl adjacent to an activating group) is 1. The highest BCUT2D eigenvalue weighted by Crippen LogP contribution is 2.30. The van der Waals surface area contributed by atoms with E-state index in [1.165, 1.54) is 6.08 Å². The van der Waals surface area contributed by atoms with Crippen LogP contribution in [0, 0.1) is 6.92 Å². The van der Waals surface area contributed by atoms with Crippen molar-refractivity contribution < 1.29 is 4.79 Å². The summed E-state index contributed by atoms with van der Waals surface area (Å²) in [6, 6.07) is 19.8. The lowest BCUT2D eigenvalue weighted by Crippen LogP contribution is -2.13. The average Bonchev–Trinajstić information content (AvgIpc) is 2.81. The van der Waals surface area contributed by atoms with Gasteiger partial charge < -0.3 is 20.9 Å². The molecule has 3 aromatic carbocycles. The number of aromatic nitrogens is 2. The molecule has 35 heavy (non-hydrogen) atoms. The van der Waals surface area contributed by atoms with Crippen molar-refractivity contribution in [3.05, 3.63) is 89.0 Å². The SMILES string of the molecule is Cc1ccc(NC(=O)/C=C/CN(C)C)cc1Nc1nccc(Nc2cc(Br)c3ccccc3c2)n1. The molecule has 1 aromatic heterocycles. The molecule has 0 radical (unpaired) electrons. The molecule has 0 aliphatic heterocycles. The van der Waals surface area contributed by atoms with E-state index in [1.807, 2.05) is 74.5 Å². The predicted octanol–water partition coefficient (Wildman–Crippen LogP) is 6.24. The maximum absolute atomic E-state index is 12.2. The van der Waals surface area contributed by atoms with Crippen molar-refractivity contribution in [1.29, 1.82) is 0 Å². The number of nitrogens with zero attached hydrogens (tertiary/aromatic N) is 3. The molecule has 0 aliphatic rings. The molecule has 3 N–H and O–H groups in total. The molecule has 1 amide bonds. The van der Waals surface area contributed by atoms with E-state index in [9.17, 15) is 4.79 Å². The first-order chi connectivity index (χ1) is 16.9. The molecule has 0 saturated carbocycles. The monoisotopic (exact) mass is 530 g/mol. The molecule has 0 spiro atoms. The minimum Gasteiger partial charge on any atom is -0.340 e. The summed E-state index contributed by atoms with van der Waals surface area (Å²) in [7, 11) is 3.90. The highest BCUT2D eigenvalue weighted by atomic mass is 79.9. The fraction of sp³-hybridized carbons (Fsp3) is 0.148. The van der Waals surface area contributed by atoms with Crippen LogP contribution in [-0.4, -0.2) is 41.4 Å². The summed E-state index contributed by atoms with van der Waals surface area (Å²) in [5.74, 6) is 0.941. The number of carbonyl (C=O) groups is 1. The summed E-state index contributed by atoms with van der Waals surface area (Å²) in [6.07, 6.45) is 5.06. The van der Waals surface area contributed by atoms with Crippen LogP contribution in [0.5, 0.6) is 0 Å². The minimum atomic E-state index is -0.175. The Kier molecular flexibility index (Phi) is 7.74. The molecule has 0 fully saturated rings. The zero-order valence-corrected chi connectivity index (χ0v) is 21.4. The van der Waals surface area contributed by atoms with Gasteiger partial charge in [0.05, 0.1) is 0 Å². The van der Waals surface area contributed by atoms with E-state index in [0.717, 1.165) is 32.2 Å². The molecule has 0 atom stereocenters. The standard InChI is InChI=1S/C27H27BrN6O/c1-18-10-11-20(31-26(35)9-6-14-34(2)3)17-24(18)32-27-29-13-12-25(33-27)30-21-15-19-7-4-5-8-22(19)23(28)16-21/h4-13,15-17H,14H2,1-3H3,(H,31,35)(H2,29,30,32,33)/b9-6+. The molecule has 0 unspecified atom stereocenters. The Hall–Kier alpha value is -3.75. The van der Waals surface area contributed by atoms with Gasteiger partial charge >= 0.3 is 0 Å². The van der Waals surface area contributed by atoms with E-state index >= 15 is 0 Å². The van der Waals surface area contributed by atoms with Crippen molar-refractivity contribution in [3.8, 4) is 0 Å². The van der Waals surface area contributed by atoms with Gasteiger partial charge in [-0.15, -0.1) is 0 Å². The molecule has 178 valence electrons.